The van der Waals surface area contributed by atoms with Gasteiger partial charge < -0.3 is 9.13 Å². The molecule has 6 heteroatoms. The van der Waals surface area contributed by atoms with Gasteiger partial charge in [0.2, 0.25) is 5.95 Å². The van der Waals surface area contributed by atoms with Crippen LogP contribution in [0.2, 0.25) is 0 Å². The fourth-order valence-corrected chi connectivity index (χ4v) is 10.6. The summed E-state index contributed by atoms with van der Waals surface area (Å²) in [7, 11) is 0. The summed E-state index contributed by atoms with van der Waals surface area (Å²) in [6.07, 6.45) is 0. The van der Waals surface area contributed by atoms with Crippen LogP contribution in [-0.4, -0.2) is 28.7 Å². The van der Waals surface area contributed by atoms with E-state index in [0.717, 1.165) is 82.9 Å². The first kappa shape index (κ1) is 38.8. The Bertz CT molecular complexity index is 4230. The second-order valence-electron chi connectivity index (χ2n) is 17.6. The summed E-state index contributed by atoms with van der Waals surface area (Å²) in [5, 5.41) is 6.98. The van der Waals surface area contributed by atoms with E-state index in [1.165, 1.54) is 27.3 Å². The van der Waals surface area contributed by atoms with Crippen LogP contribution in [0.4, 0.5) is 0 Å². The van der Waals surface area contributed by atoms with E-state index < -0.39 is 0 Å². The van der Waals surface area contributed by atoms with E-state index >= 15 is 0 Å². The van der Waals surface area contributed by atoms with Crippen molar-refractivity contribution < 1.29 is 0 Å². The smallest absolute Gasteiger partial charge is 0.238 e. The zero-order chi connectivity index (χ0) is 45.4. The molecule has 0 aliphatic heterocycles. The molecule has 69 heavy (non-hydrogen) atoms. The van der Waals surface area contributed by atoms with Gasteiger partial charge in [0.1, 0.15) is 0 Å². The Labute approximate surface area is 397 Å². The van der Waals surface area contributed by atoms with Crippen molar-refractivity contribution in [3.8, 4) is 62.4 Å². The summed E-state index contributed by atoms with van der Waals surface area (Å²) in [6, 6.07) is 86.3. The molecule has 4 aromatic heterocycles. The molecule has 0 atom stereocenters. The second kappa shape index (κ2) is 15.6. The van der Waals surface area contributed by atoms with Gasteiger partial charge in [0.25, 0.3) is 0 Å². The quantitative estimate of drug-likeness (QED) is 0.160. The lowest BCUT2D eigenvalue weighted by molar-refractivity contribution is 0.953. The summed E-state index contributed by atoms with van der Waals surface area (Å²) in [5.74, 6) is 1.73. The molecular weight excluding hydrogens is 841 g/mol. The zero-order valence-corrected chi connectivity index (χ0v) is 37.3. The maximum atomic E-state index is 5.50. The van der Waals surface area contributed by atoms with Gasteiger partial charge in [-0.05, 0) is 76.9 Å². The third-order valence-electron chi connectivity index (χ3n) is 13.7. The number of nitrogens with zero attached hydrogens (tertiary/aromatic N) is 6. The summed E-state index contributed by atoms with van der Waals surface area (Å²) in [4.78, 5) is 16.2. The van der Waals surface area contributed by atoms with Crippen molar-refractivity contribution in [2.24, 2.45) is 0 Å². The van der Waals surface area contributed by atoms with Crippen LogP contribution in [0.5, 0.6) is 0 Å². The first-order valence-corrected chi connectivity index (χ1v) is 23.4. The van der Waals surface area contributed by atoms with Crippen molar-refractivity contribution in [3.05, 3.63) is 243 Å². The van der Waals surface area contributed by atoms with E-state index in [9.17, 15) is 0 Å². The van der Waals surface area contributed by atoms with E-state index in [2.05, 4.69) is 238 Å². The minimum absolute atomic E-state index is 0.540. The molecule has 0 unspecified atom stereocenters. The van der Waals surface area contributed by atoms with Crippen LogP contribution in [0.15, 0.2) is 243 Å². The highest BCUT2D eigenvalue weighted by atomic mass is 15.2. The van der Waals surface area contributed by atoms with Gasteiger partial charge >= 0.3 is 0 Å². The largest absolute Gasteiger partial charge is 0.309 e. The lowest BCUT2D eigenvalue weighted by Crippen LogP contribution is -2.07. The predicted octanol–water partition coefficient (Wildman–Crippen LogP) is 15.8. The monoisotopic (exact) mass is 880 g/mol. The summed E-state index contributed by atoms with van der Waals surface area (Å²) < 4.78 is 7.08. The van der Waals surface area contributed by atoms with Crippen LogP contribution in [-0.2, 0) is 0 Å². The van der Waals surface area contributed by atoms with Gasteiger partial charge in [0.05, 0.1) is 33.1 Å². The number of hydrogen-bond donors (Lipinski definition) is 0. The molecule has 10 aromatic carbocycles. The lowest BCUT2D eigenvalue weighted by Gasteiger charge is -2.14. The number of hydrogen-bond acceptors (Lipinski definition) is 3. The van der Waals surface area contributed by atoms with E-state index in [-0.39, 0.29) is 0 Å². The highest BCUT2D eigenvalue weighted by Crippen LogP contribution is 2.43. The molecule has 0 radical (unpaired) electrons. The van der Waals surface area contributed by atoms with Crippen molar-refractivity contribution in [3.63, 3.8) is 0 Å². The SMILES string of the molecule is c1ccc(-c2ccc(-c3cccc(-c4nc(-c5ccccc5)nc(-n5c6ccc(-n7c8ccccc8c8ccccc87)cc6c6ccc7c8ccccc8n(-c8ccccc8)c7c65)n4)c3)cc2)cc1. The third-order valence-corrected chi connectivity index (χ3v) is 13.7. The van der Waals surface area contributed by atoms with Crippen LogP contribution < -0.4 is 0 Å². The van der Waals surface area contributed by atoms with Crippen molar-refractivity contribution in [1.29, 1.82) is 0 Å². The Morgan fingerprint density at radius 2 is 0.681 bits per heavy atom. The van der Waals surface area contributed by atoms with Gasteiger partial charge in [-0.2, -0.15) is 9.97 Å². The van der Waals surface area contributed by atoms with E-state index in [4.69, 9.17) is 15.0 Å². The molecule has 0 N–H and O–H groups in total. The van der Waals surface area contributed by atoms with Crippen molar-refractivity contribution in [2.75, 3.05) is 0 Å². The molecule has 4 heterocycles. The van der Waals surface area contributed by atoms with Crippen molar-refractivity contribution >= 4 is 65.4 Å². The Morgan fingerprint density at radius 1 is 0.232 bits per heavy atom. The fraction of sp³-hybridized carbons (Fsp3) is 0. The van der Waals surface area contributed by atoms with Gasteiger partial charge in [-0.1, -0.05) is 188 Å². The highest BCUT2D eigenvalue weighted by molar-refractivity contribution is 6.24. The molecule has 14 aromatic rings. The predicted molar refractivity (Wildman–Crippen MR) is 285 cm³/mol. The number of benzene rings is 10. The van der Waals surface area contributed by atoms with Crippen LogP contribution in [0.3, 0.4) is 0 Å². The molecule has 6 nitrogen and oxygen atoms in total. The number of aromatic nitrogens is 6. The topological polar surface area (TPSA) is 53.5 Å². The summed E-state index contributed by atoms with van der Waals surface area (Å²) in [6.45, 7) is 0. The third kappa shape index (κ3) is 6.23. The van der Waals surface area contributed by atoms with E-state index in [1.807, 2.05) is 18.2 Å². The van der Waals surface area contributed by atoms with Crippen molar-refractivity contribution in [1.82, 2.24) is 28.7 Å². The van der Waals surface area contributed by atoms with Crippen LogP contribution in [0.1, 0.15) is 0 Å². The standard InChI is InChI=1S/C63H40N6/c1-4-17-41(18-5-1)42-31-33-43(34-32-42)45-21-16-22-46(39-45)62-64-61(44-19-6-2-7-20-44)65-63(66-62)69-58-38-35-48(67-55-28-13-10-25-49(55)50-26-11-14-29-56(50)67)40-54(58)53-37-36-52-51-27-12-15-30-57(51)68(59(52)60(53)69)47-23-8-3-9-24-47/h1-40H. The maximum Gasteiger partial charge on any atom is 0.238 e. The molecule has 0 aliphatic rings. The van der Waals surface area contributed by atoms with Gasteiger partial charge in [0, 0.05) is 54.8 Å². The van der Waals surface area contributed by atoms with Crippen LogP contribution in [0, 0.1) is 0 Å². The second-order valence-corrected chi connectivity index (χ2v) is 17.6. The van der Waals surface area contributed by atoms with Crippen molar-refractivity contribution in [2.45, 2.75) is 0 Å². The minimum atomic E-state index is 0.540. The Hall–Kier alpha value is -9.39. The first-order chi connectivity index (χ1) is 34.2. The lowest BCUT2D eigenvalue weighted by atomic mass is 9.99. The molecule has 0 fully saturated rings. The van der Waals surface area contributed by atoms with E-state index in [0.29, 0.717) is 17.6 Å². The first-order valence-electron chi connectivity index (χ1n) is 23.4. The summed E-state index contributed by atoms with van der Waals surface area (Å²) >= 11 is 0. The number of fused-ring (bicyclic) bond motifs is 10. The Balaban J connectivity index is 1.06. The Kier molecular flexibility index (Phi) is 8.79. The zero-order valence-electron chi connectivity index (χ0n) is 37.3. The average molecular weight is 881 g/mol. The average Bonchev–Trinajstić information content (AvgIpc) is 4.07. The molecule has 0 aliphatic carbocycles. The Morgan fingerprint density at radius 3 is 1.33 bits per heavy atom. The van der Waals surface area contributed by atoms with Gasteiger partial charge in [-0.15, -0.1) is 0 Å². The number of para-hydroxylation sites is 4. The van der Waals surface area contributed by atoms with Crippen LogP contribution >= 0.6 is 0 Å². The van der Waals surface area contributed by atoms with Gasteiger partial charge in [-0.3, -0.25) is 4.57 Å². The van der Waals surface area contributed by atoms with E-state index in [1.54, 1.807) is 0 Å². The molecular formula is C63H40N6. The normalized spacial score (nSPS) is 11.8. The molecule has 0 bridgehead atoms. The van der Waals surface area contributed by atoms with Crippen LogP contribution in [0.25, 0.3) is 128 Å². The van der Waals surface area contributed by atoms with Gasteiger partial charge in [0.15, 0.2) is 11.6 Å². The molecule has 14 rings (SSSR count). The molecule has 322 valence electrons. The summed E-state index contributed by atoms with van der Waals surface area (Å²) in [5.41, 5.74) is 15.1. The highest BCUT2D eigenvalue weighted by Gasteiger charge is 2.25. The molecule has 0 saturated heterocycles. The maximum absolute atomic E-state index is 5.50. The molecule has 0 saturated carbocycles. The number of rotatable bonds is 7. The van der Waals surface area contributed by atoms with Gasteiger partial charge in [-0.25, -0.2) is 4.98 Å². The molecule has 0 spiro atoms. The minimum Gasteiger partial charge on any atom is -0.309 e. The fourth-order valence-electron chi connectivity index (χ4n) is 10.6. The molecule has 0 amide bonds.